The Morgan fingerprint density at radius 2 is 2.02 bits per heavy atom. The van der Waals surface area contributed by atoms with Crippen molar-refractivity contribution in [1.29, 1.82) is 0 Å². The summed E-state index contributed by atoms with van der Waals surface area (Å²) >= 11 is 1.16. The van der Waals surface area contributed by atoms with Gasteiger partial charge in [0, 0.05) is 19.2 Å². The molecule has 5 rings (SSSR count). The van der Waals surface area contributed by atoms with Crippen molar-refractivity contribution in [3.63, 3.8) is 0 Å². The number of ether oxygens (including phenoxy) is 3. The minimum absolute atomic E-state index is 0.0434. The van der Waals surface area contributed by atoms with Gasteiger partial charge in [-0.25, -0.2) is 9.79 Å². The van der Waals surface area contributed by atoms with Crippen molar-refractivity contribution in [2.75, 3.05) is 44.9 Å². The van der Waals surface area contributed by atoms with Gasteiger partial charge in [-0.2, -0.15) is 0 Å². The number of morpholine rings is 1. The van der Waals surface area contributed by atoms with Crippen LogP contribution >= 0.6 is 11.3 Å². The summed E-state index contributed by atoms with van der Waals surface area (Å²) < 4.78 is 17.9. The lowest BCUT2D eigenvalue weighted by molar-refractivity contribution is -0.384. The molecule has 1 fully saturated rings. The molecule has 2 aromatic carbocycles. The number of thiazole rings is 1. The third-order valence-electron chi connectivity index (χ3n) is 6.77. The molecule has 208 valence electrons. The Kier molecular flexibility index (Phi) is 7.81. The van der Waals surface area contributed by atoms with Crippen LogP contribution in [0.4, 0.5) is 11.4 Å². The second-order valence-corrected chi connectivity index (χ2v) is 10.2. The van der Waals surface area contributed by atoms with Crippen molar-refractivity contribution in [1.82, 2.24) is 4.57 Å². The largest absolute Gasteiger partial charge is 0.497 e. The second-order valence-electron chi connectivity index (χ2n) is 9.18. The van der Waals surface area contributed by atoms with E-state index >= 15 is 0 Å². The minimum atomic E-state index is -0.786. The average Bonchev–Trinajstić information content (AvgIpc) is 3.26. The van der Waals surface area contributed by atoms with Crippen molar-refractivity contribution in [2.45, 2.75) is 19.9 Å². The van der Waals surface area contributed by atoms with Gasteiger partial charge in [0.2, 0.25) is 0 Å². The number of aromatic nitrogens is 1. The molecule has 40 heavy (non-hydrogen) atoms. The quantitative estimate of drug-likeness (QED) is 0.244. The average molecular weight is 565 g/mol. The van der Waals surface area contributed by atoms with Crippen LogP contribution in [0.2, 0.25) is 0 Å². The maximum absolute atomic E-state index is 13.8. The van der Waals surface area contributed by atoms with Crippen LogP contribution in [0.15, 0.2) is 63.5 Å². The fourth-order valence-corrected chi connectivity index (χ4v) is 5.96. The zero-order valence-corrected chi connectivity index (χ0v) is 23.1. The van der Waals surface area contributed by atoms with Crippen molar-refractivity contribution in [3.8, 4) is 5.75 Å². The standard InChI is InChI=1S/C28H28N4O7S/c1-4-39-27(34)24-17(2)29-28-31(25(24)19-6-5-7-20(16-19)37-3)26(33)23(40-28)15-18-8-9-21(22(14-18)32(35)36)30-10-12-38-13-11-30/h5-9,14-16,25H,4,10-13H2,1-3H3/b23-15+. The van der Waals surface area contributed by atoms with Crippen molar-refractivity contribution in [2.24, 2.45) is 4.99 Å². The monoisotopic (exact) mass is 564 g/mol. The molecule has 2 aliphatic rings. The second kappa shape index (κ2) is 11.4. The van der Waals surface area contributed by atoms with Gasteiger partial charge < -0.3 is 19.1 Å². The Morgan fingerprint density at radius 3 is 2.73 bits per heavy atom. The summed E-state index contributed by atoms with van der Waals surface area (Å²) in [5, 5.41) is 11.9. The van der Waals surface area contributed by atoms with Crippen LogP contribution in [0.25, 0.3) is 6.08 Å². The fraction of sp³-hybridized carbons (Fsp3) is 0.321. The highest BCUT2D eigenvalue weighted by atomic mass is 32.1. The Morgan fingerprint density at radius 1 is 1.25 bits per heavy atom. The van der Waals surface area contributed by atoms with Gasteiger partial charge in [-0.15, -0.1) is 0 Å². The van der Waals surface area contributed by atoms with E-state index in [1.165, 1.54) is 10.6 Å². The van der Waals surface area contributed by atoms with Gasteiger partial charge in [-0.3, -0.25) is 19.5 Å². The number of anilines is 1. The number of nitro benzene ring substituents is 1. The number of methoxy groups -OCH3 is 1. The molecule has 0 radical (unpaired) electrons. The lowest BCUT2D eigenvalue weighted by Gasteiger charge is -2.28. The van der Waals surface area contributed by atoms with Gasteiger partial charge in [0.1, 0.15) is 11.4 Å². The van der Waals surface area contributed by atoms with Gasteiger partial charge in [-0.05, 0) is 49.2 Å². The highest BCUT2D eigenvalue weighted by Gasteiger charge is 2.33. The predicted octanol–water partition coefficient (Wildman–Crippen LogP) is 2.55. The van der Waals surface area contributed by atoms with Crippen LogP contribution in [0.1, 0.15) is 31.0 Å². The SMILES string of the molecule is CCOC(=O)C1=C(C)N=c2s/c(=C/c3ccc(N4CCOCC4)c([N+](=O)[O-])c3)c(=O)n2C1c1cccc(OC)c1. The van der Waals surface area contributed by atoms with E-state index in [1.54, 1.807) is 57.4 Å². The first kappa shape index (κ1) is 27.3. The third kappa shape index (κ3) is 5.15. The van der Waals surface area contributed by atoms with E-state index in [0.717, 1.165) is 11.3 Å². The summed E-state index contributed by atoms with van der Waals surface area (Å²) in [6, 6.07) is 11.3. The van der Waals surface area contributed by atoms with Gasteiger partial charge >= 0.3 is 5.97 Å². The zero-order valence-electron chi connectivity index (χ0n) is 22.3. The minimum Gasteiger partial charge on any atom is -0.497 e. The molecule has 1 aromatic heterocycles. The van der Waals surface area contributed by atoms with Gasteiger partial charge in [0.05, 0.1) is 53.7 Å². The number of nitro groups is 1. The molecule has 12 heteroatoms. The molecule has 1 unspecified atom stereocenters. The number of hydrogen-bond acceptors (Lipinski definition) is 10. The number of nitrogens with zero attached hydrogens (tertiary/aromatic N) is 4. The van der Waals surface area contributed by atoms with Crippen molar-refractivity contribution in [3.05, 3.63) is 94.7 Å². The molecule has 11 nitrogen and oxygen atoms in total. The molecule has 0 amide bonds. The Labute approximate surface area is 233 Å². The smallest absolute Gasteiger partial charge is 0.338 e. The summed E-state index contributed by atoms with van der Waals surface area (Å²) in [4.78, 5) is 45.3. The van der Waals surface area contributed by atoms with Gasteiger partial charge in [0.25, 0.3) is 11.2 Å². The van der Waals surface area contributed by atoms with Crippen LogP contribution in [-0.4, -0.2) is 55.5 Å². The third-order valence-corrected chi connectivity index (χ3v) is 7.76. The van der Waals surface area contributed by atoms with Crippen LogP contribution in [0.3, 0.4) is 0 Å². The van der Waals surface area contributed by atoms with Crippen LogP contribution in [0.5, 0.6) is 5.75 Å². The van der Waals surface area contributed by atoms with Gasteiger partial charge in [0.15, 0.2) is 4.80 Å². The summed E-state index contributed by atoms with van der Waals surface area (Å²) in [6.07, 6.45) is 1.62. The maximum Gasteiger partial charge on any atom is 0.338 e. The number of fused-ring (bicyclic) bond motifs is 1. The lowest BCUT2D eigenvalue weighted by Crippen LogP contribution is -2.40. The van der Waals surface area contributed by atoms with E-state index in [2.05, 4.69) is 4.99 Å². The Hall–Kier alpha value is -4.29. The van der Waals surface area contributed by atoms with Gasteiger partial charge in [-0.1, -0.05) is 29.5 Å². The van der Waals surface area contributed by atoms with Crippen molar-refractivity contribution >= 4 is 34.8 Å². The number of carbonyl (C=O) groups is 1. The summed E-state index contributed by atoms with van der Waals surface area (Å²) in [6.45, 7) is 5.72. The molecule has 0 saturated carbocycles. The number of esters is 1. The molecule has 3 heterocycles. The lowest BCUT2D eigenvalue weighted by atomic mass is 9.95. The molecule has 1 saturated heterocycles. The van der Waals surface area contributed by atoms with Crippen LogP contribution in [0, 0.1) is 10.1 Å². The molecule has 0 bridgehead atoms. The molecule has 3 aromatic rings. The zero-order chi connectivity index (χ0) is 28.4. The highest BCUT2D eigenvalue weighted by molar-refractivity contribution is 7.07. The molecule has 2 aliphatic heterocycles. The predicted molar refractivity (Wildman–Crippen MR) is 150 cm³/mol. The van der Waals surface area contributed by atoms with Crippen LogP contribution in [-0.2, 0) is 14.3 Å². The topological polar surface area (TPSA) is 126 Å². The number of hydrogen-bond donors (Lipinski definition) is 0. The summed E-state index contributed by atoms with van der Waals surface area (Å²) in [5.74, 6) is 0.0188. The normalized spacial score (nSPS) is 17.3. The first-order chi connectivity index (χ1) is 19.3. The summed E-state index contributed by atoms with van der Waals surface area (Å²) in [7, 11) is 1.54. The fourth-order valence-electron chi connectivity index (χ4n) is 4.92. The van der Waals surface area contributed by atoms with Crippen LogP contribution < -0.4 is 24.5 Å². The highest BCUT2D eigenvalue weighted by Crippen LogP contribution is 2.33. The first-order valence-corrected chi connectivity index (χ1v) is 13.6. The van der Waals surface area contributed by atoms with E-state index in [4.69, 9.17) is 14.2 Å². The number of rotatable bonds is 7. The van der Waals surface area contributed by atoms with E-state index < -0.39 is 16.9 Å². The van der Waals surface area contributed by atoms with E-state index in [9.17, 15) is 19.7 Å². The van der Waals surface area contributed by atoms with E-state index in [-0.39, 0.29) is 23.4 Å². The molecular weight excluding hydrogens is 536 g/mol. The molecule has 1 atom stereocenters. The number of carbonyl (C=O) groups excluding carboxylic acids is 1. The summed E-state index contributed by atoms with van der Waals surface area (Å²) in [5.41, 5.74) is 1.98. The molecule has 0 N–H and O–H groups in total. The number of benzene rings is 2. The van der Waals surface area contributed by atoms with Crippen molar-refractivity contribution < 1.29 is 23.9 Å². The molecular formula is C28H28N4O7S. The van der Waals surface area contributed by atoms with E-state index in [0.29, 0.717) is 63.9 Å². The molecule has 0 aliphatic carbocycles. The van der Waals surface area contributed by atoms with E-state index in [1.807, 2.05) is 11.0 Å². The Bertz CT molecular complexity index is 1680. The molecule has 0 spiro atoms. The Balaban J connectivity index is 1.65. The number of allylic oxidation sites excluding steroid dienone is 1. The first-order valence-electron chi connectivity index (χ1n) is 12.8. The maximum atomic E-state index is 13.8.